The number of carbonyl (C=O) groups excluding carboxylic acids is 1. The monoisotopic (exact) mass is 328 g/mol. The number of halogens is 1. The van der Waals surface area contributed by atoms with Crippen LogP contribution < -0.4 is 0 Å². The molecule has 0 aliphatic rings. The van der Waals surface area contributed by atoms with E-state index in [2.05, 4.69) is 9.28 Å². The van der Waals surface area contributed by atoms with Crippen LogP contribution in [0.15, 0.2) is 29.2 Å². The third kappa shape index (κ3) is 3.08. The summed E-state index contributed by atoms with van der Waals surface area (Å²) in [5.41, 5.74) is 1.20. The average Bonchev–Trinajstić information content (AvgIpc) is 2.63. The highest BCUT2D eigenvalue weighted by Gasteiger charge is 2.26. The largest absolute Gasteiger partial charge is 0.373 e. The van der Waals surface area contributed by atoms with Crippen LogP contribution in [0, 0.1) is 13.8 Å². The molecule has 21 heavy (non-hydrogen) atoms. The first-order valence-electron chi connectivity index (χ1n) is 5.97. The molecule has 0 atom stereocenters. The molecular formula is C13H13ClN2O4S. The lowest BCUT2D eigenvalue weighted by molar-refractivity contribution is 0.0735. The van der Waals surface area contributed by atoms with Crippen molar-refractivity contribution in [2.45, 2.75) is 18.7 Å². The van der Waals surface area contributed by atoms with Gasteiger partial charge in [0, 0.05) is 7.05 Å². The SMILES string of the molecule is Cc1ccc(S(=O)(=O)OC(=O)c2c(Cl)c(C)nn2C)cc1. The van der Waals surface area contributed by atoms with E-state index >= 15 is 0 Å². The van der Waals surface area contributed by atoms with Crippen molar-refractivity contribution >= 4 is 27.7 Å². The Morgan fingerprint density at radius 1 is 1.24 bits per heavy atom. The molecule has 0 fully saturated rings. The molecule has 0 saturated heterocycles. The van der Waals surface area contributed by atoms with Gasteiger partial charge in [-0.1, -0.05) is 29.3 Å². The maximum absolute atomic E-state index is 12.0. The second kappa shape index (κ2) is 5.50. The smallest absolute Gasteiger partial charge is 0.336 e. The van der Waals surface area contributed by atoms with E-state index in [0.717, 1.165) is 5.56 Å². The van der Waals surface area contributed by atoms with Gasteiger partial charge in [0.05, 0.1) is 10.7 Å². The normalized spacial score (nSPS) is 11.4. The Hall–Kier alpha value is -1.86. The van der Waals surface area contributed by atoms with Gasteiger partial charge in [0.2, 0.25) is 0 Å². The predicted molar refractivity (Wildman–Crippen MR) is 76.7 cm³/mol. The first kappa shape index (κ1) is 15.5. The number of benzene rings is 1. The number of aryl methyl sites for hydroxylation is 3. The predicted octanol–water partition coefficient (Wildman–Crippen LogP) is 2.24. The molecule has 0 aliphatic carbocycles. The zero-order valence-electron chi connectivity index (χ0n) is 11.6. The Balaban J connectivity index is 2.32. The van der Waals surface area contributed by atoms with Gasteiger partial charge in [0.15, 0.2) is 5.69 Å². The van der Waals surface area contributed by atoms with Gasteiger partial charge in [-0.3, -0.25) is 4.68 Å². The molecule has 6 nitrogen and oxygen atoms in total. The Morgan fingerprint density at radius 2 is 1.81 bits per heavy atom. The summed E-state index contributed by atoms with van der Waals surface area (Å²) in [6.45, 7) is 3.42. The van der Waals surface area contributed by atoms with E-state index in [1.807, 2.05) is 6.92 Å². The first-order valence-corrected chi connectivity index (χ1v) is 7.75. The lowest BCUT2D eigenvalue weighted by Gasteiger charge is -2.06. The standard InChI is InChI=1S/C13H13ClN2O4S/c1-8-4-6-10(7-5-8)21(18,19)20-13(17)12-11(14)9(2)15-16(12)3/h4-7H,1-3H3. The molecule has 0 bridgehead atoms. The van der Waals surface area contributed by atoms with Crippen LogP contribution in [0.1, 0.15) is 21.7 Å². The second-order valence-corrected chi connectivity index (χ2v) is 6.43. The van der Waals surface area contributed by atoms with E-state index in [9.17, 15) is 13.2 Å². The molecule has 0 N–H and O–H groups in total. The van der Waals surface area contributed by atoms with Crippen molar-refractivity contribution in [2.75, 3.05) is 0 Å². The average molecular weight is 329 g/mol. The van der Waals surface area contributed by atoms with Gasteiger partial charge in [-0.05, 0) is 26.0 Å². The fourth-order valence-corrected chi connectivity index (χ4v) is 2.83. The minimum Gasteiger partial charge on any atom is -0.336 e. The van der Waals surface area contributed by atoms with Gasteiger partial charge in [0.1, 0.15) is 4.90 Å². The number of nitrogens with zero attached hydrogens (tertiary/aromatic N) is 2. The Bertz CT molecular complexity index is 794. The van der Waals surface area contributed by atoms with Crippen LogP contribution in [-0.4, -0.2) is 24.2 Å². The summed E-state index contributed by atoms with van der Waals surface area (Å²) in [4.78, 5) is 11.9. The molecule has 2 aromatic rings. The van der Waals surface area contributed by atoms with E-state index in [1.54, 1.807) is 19.1 Å². The summed E-state index contributed by atoms with van der Waals surface area (Å²) in [7, 11) is -2.72. The molecule has 1 heterocycles. The van der Waals surface area contributed by atoms with Crippen LogP contribution >= 0.6 is 11.6 Å². The molecule has 1 aromatic carbocycles. The fraction of sp³-hybridized carbons (Fsp3) is 0.231. The summed E-state index contributed by atoms with van der Waals surface area (Å²) in [5, 5.41) is 4.01. The number of rotatable bonds is 3. The highest BCUT2D eigenvalue weighted by molar-refractivity contribution is 7.87. The van der Waals surface area contributed by atoms with Crippen molar-refractivity contribution in [3.05, 3.63) is 46.2 Å². The third-order valence-corrected chi connectivity index (χ3v) is 4.51. The van der Waals surface area contributed by atoms with Crippen molar-refractivity contribution < 1.29 is 17.4 Å². The number of carbonyl (C=O) groups is 1. The van der Waals surface area contributed by atoms with Gasteiger partial charge in [-0.2, -0.15) is 13.5 Å². The van der Waals surface area contributed by atoms with E-state index in [4.69, 9.17) is 11.6 Å². The molecule has 0 unspecified atom stereocenters. The van der Waals surface area contributed by atoms with Crippen LogP contribution in [0.4, 0.5) is 0 Å². The third-order valence-electron chi connectivity index (χ3n) is 2.84. The maximum atomic E-state index is 12.0. The molecule has 0 spiro atoms. The summed E-state index contributed by atoms with van der Waals surface area (Å²) in [6.07, 6.45) is 0. The van der Waals surface area contributed by atoms with E-state index in [0.29, 0.717) is 5.69 Å². The molecule has 0 radical (unpaired) electrons. The number of hydrogen-bond donors (Lipinski definition) is 0. The van der Waals surface area contributed by atoms with Crippen LogP contribution in [0.5, 0.6) is 0 Å². The molecule has 1 aromatic heterocycles. The zero-order valence-corrected chi connectivity index (χ0v) is 13.2. The van der Waals surface area contributed by atoms with Crippen molar-refractivity contribution in [2.24, 2.45) is 7.05 Å². The lowest BCUT2D eigenvalue weighted by Crippen LogP contribution is -2.16. The highest BCUT2D eigenvalue weighted by Crippen LogP contribution is 2.22. The number of hydrogen-bond acceptors (Lipinski definition) is 5. The zero-order chi connectivity index (χ0) is 15.8. The molecule has 2 rings (SSSR count). The molecule has 0 saturated carbocycles. The van der Waals surface area contributed by atoms with Gasteiger partial charge in [-0.15, -0.1) is 0 Å². The Kier molecular flexibility index (Phi) is 4.06. The van der Waals surface area contributed by atoms with Crippen molar-refractivity contribution in [3.8, 4) is 0 Å². The summed E-state index contributed by atoms with van der Waals surface area (Å²) in [6, 6.07) is 5.96. The summed E-state index contributed by atoms with van der Waals surface area (Å²) < 4.78 is 29.9. The minimum atomic E-state index is -4.20. The van der Waals surface area contributed by atoms with Crippen molar-refractivity contribution in [1.29, 1.82) is 0 Å². The summed E-state index contributed by atoms with van der Waals surface area (Å²) in [5.74, 6) is -1.07. The van der Waals surface area contributed by atoms with Crippen LogP contribution in [0.2, 0.25) is 5.02 Å². The molecule has 0 amide bonds. The van der Waals surface area contributed by atoms with Crippen molar-refractivity contribution in [3.63, 3.8) is 0 Å². The van der Waals surface area contributed by atoms with Gasteiger partial charge < -0.3 is 4.18 Å². The first-order chi connectivity index (χ1) is 9.72. The van der Waals surface area contributed by atoms with E-state index in [-0.39, 0.29) is 15.6 Å². The van der Waals surface area contributed by atoms with Crippen LogP contribution in [-0.2, 0) is 21.3 Å². The number of aromatic nitrogens is 2. The molecule has 8 heteroatoms. The van der Waals surface area contributed by atoms with Crippen LogP contribution in [0.3, 0.4) is 0 Å². The van der Waals surface area contributed by atoms with Crippen molar-refractivity contribution in [1.82, 2.24) is 9.78 Å². The fourth-order valence-electron chi connectivity index (χ4n) is 1.75. The summed E-state index contributed by atoms with van der Waals surface area (Å²) >= 11 is 5.93. The Labute approximate surface area is 127 Å². The lowest BCUT2D eigenvalue weighted by atomic mass is 10.2. The topological polar surface area (TPSA) is 78.3 Å². The molecule has 112 valence electrons. The van der Waals surface area contributed by atoms with Gasteiger partial charge in [-0.25, -0.2) is 4.79 Å². The quantitative estimate of drug-likeness (QED) is 0.807. The second-order valence-electron chi connectivity index (χ2n) is 4.51. The van der Waals surface area contributed by atoms with Gasteiger partial charge in [0.25, 0.3) is 0 Å². The van der Waals surface area contributed by atoms with E-state index < -0.39 is 16.1 Å². The van der Waals surface area contributed by atoms with E-state index in [1.165, 1.54) is 23.9 Å². The molecule has 0 aliphatic heterocycles. The molecular weight excluding hydrogens is 316 g/mol. The maximum Gasteiger partial charge on any atom is 0.373 e. The minimum absolute atomic E-state index is 0.0709. The highest BCUT2D eigenvalue weighted by atomic mass is 35.5. The van der Waals surface area contributed by atoms with Crippen LogP contribution in [0.25, 0.3) is 0 Å². The van der Waals surface area contributed by atoms with Gasteiger partial charge >= 0.3 is 16.1 Å². The Morgan fingerprint density at radius 3 is 2.29 bits per heavy atom.